The second kappa shape index (κ2) is 3.10. The Hall–Kier alpha value is -1.91. The third-order valence-electron chi connectivity index (χ3n) is 1.82. The van der Waals surface area contributed by atoms with E-state index in [1.807, 2.05) is 13.1 Å². The first-order valence-corrected chi connectivity index (χ1v) is 4.24. The van der Waals surface area contributed by atoms with Crippen molar-refractivity contribution in [3.63, 3.8) is 0 Å². The number of aromatic amines is 1. The highest BCUT2D eigenvalue weighted by atomic mass is 16.1. The van der Waals surface area contributed by atoms with Gasteiger partial charge in [-0.1, -0.05) is 0 Å². The summed E-state index contributed by atoms with van der Waals surface area (Å²) in [7, 11) is 0. The van der Waals surface area contributed by atoms with Crippen molar-refractivity contribution in [2.45, 2.75) is 13.8 Å². The predicted octanol–water partition coefficient (Wildman–Crippen LogP) is 0.572. The molecule has 2 rings (SSSR count). The van der Waals surface area contributed by atoms with Gasteiger partial charge in [0, 0.05) is 12.3 Å². The maximum Gasteiger partial charge on any atom is 0.253 e. The molecule has 1 N–H and O–H groups in total. The van der Waals surface area contributed by atoms with Crippen LogP contribution in [0.1, 0.15) is 11.5 Å². The largest absolute Gasteiger partial charge is 0.311 e. The number of aryl methyl sites for hydroxylation is 2. The van der Waals surface area contributed by atoms with Crippen molar-refractivity contribution in [3.8, 4) is 5.82 Å². The molecule has 0 aliphatic heterocycles. The van der Waals surface area contributed by atoms with E-state index in [0.29, 0.717) is 11.6 Å². The Morgan fingerprint density at radius 1 is 1.43 bits per heavy atom. The number of imidazole rings is 1. The molecule has 0 saturated carbocycles. The van der Waals surface area contributed by atoms with Crippen molar-refractivity contribution >= 4 is 0 Å². The number of hydrogen-bond donors (Lipinski definition) is 1. The zero-order chi connectivity index (χ0) is 10.1. The van der Waals surface area contributed by atoms with Crippen LogP contribution in [0.15, 0.2) is 23.4 Å². The lowest BCUT2D eigenvalue weighted by molar-refractivity contribution is 0.921. The average molecular weight is 190 g/mol. The van der Waals surface area contributed by atoms with Crippen molar-refractivity contribution in [1.29, 1.82) is 0 Å². The van der Waals surface area contributed by atoms with Gasteiger partial charge in [0.2, 0.25) is 0 Å². The van der Waals surface area contributed by atoms with Crippen LogP contribution in [0.3, 0.4) is 0 Å². The van der Waals surface area contributed by atoms with E-state index < -0.39 is 0 Å². The van der Waals surface area contributed by atoms with Crippen LogP contribution in [0.2, 0.25) is 0 Å². The third-order valence-corrected chi connectivity index (χ3v) is 1.82. The Morgan fingerprint density at radius 3 is 2.79 bits per heavy atom. The van der Waals surface area contributed by atoms with E-state index in [1.165, 1.54) is 6.07 Å². The first-order valence-electron chi connectivity index (χ1n) is 4.24. The van der Waals surface area contributed by atoms with Crippen molar-refractivity contribution in [2.75, 3.05) is 0 Å². The van der Waals surface area contributed by atoms with E-state index in [1.54, 1.807) is 17.8 Å². The smallest absolute Gasteiger partial charge is 0.253 e. The summed E-state index contributed by atoms with van der Waals surface area (Å²) in [6, 6.07) is 1.44. The van der Waals surface area contributed by atoms with Gasteiger partial charge in [-0.3, -0.25) is 9.36 Å². The zero-order valence-electron chi connectivity index (χ0n) is 7.98. The van der Waals surface area contributed by atoms with Gasteiger partial charge in [-0.15, -0.1) is 0 Å². The second-order valence-corrected chi connectivity index (χ2v) is 3.11. The Balaban J connectivity index is 2.56. The van der Waals surface area contributed by atoms with Crippen LogP contribution in [0.25, 0.3) is 5.82 Å². The summed E-state index contributed by atoms with van der Waals surface area (Å²) in [4.78, 5) is 22.0. The molecular weight excluding hydrogens is 180 g/mol. The molecule has 2 heterocycles. The molecule has 5 heteroatoms. The molecule has 0 unspecified atom stereocenters. The molecule has 0 radical (unpaired) electrons. The molecule has 0 aliphatic carbocycles. The molecule has 0 aliphatic rings. The van der Waals surface area contributed by atoms with E-state index in [-0.39, 0.29) is 5.56 Å². The van der Waals surface area contributed by atoms with Crippen molar-refractivity contribution in [2.24, 2.45) is 0 Å². The highest BCUT2D eigenvalue weighted by Gasteiger charge is 2.00. The fourth-order valence-corrected chi connectivity index (χ4v) is 1.24. The molecule has 2 aromatic rings. The first kappa shape index (κ1) is 8.68. The molecule has 0 spiro atoms. The maximum absolute atomic E-state index is 11.2. The molecule has 72 valence electrons. The van der Waals surface area contributed by atoms with Crippen molar-refractivity contribution in [1.82, 2.24) is 19.5 Å². The number of nitrogens with one attached hydrogen (secondary N) is 1. The second-order valence-electron chi connectivity index (χ2n) is 3.11. The standard InChI is InChI=1S/C9H10N4O/c1-6-4-13(5-10-6)8-3-9(14)12-7(2)11-8/h3-5H,1-2H3,(H,11,12,14). The van der Waals surface area contributed by atoms with Gasteiger partial charge in [0.05, 0.1) is 5.69 Å². The topological polar surface area (TPSA) is 63.6 Å². The lowest BCUT2D eigenvalue weighted by Crippen LogP contribution is -2.11. The molecule has 0 bridgehead atoms. The predicted molar refractivity (Wildman–Crippen MR) is 51.5 cm³/mol. The van der Waals surface area contributed by atoms with Gasteiger partial charge in [-0.25, -0.2) is 9.97 Å². The molecule has 5 nitrogen and oxygen atoms in total. The van der Waals surface area contributed by atoms with Gasteiger partial charge in [0.15, 0.2) is 0 Å². The molecule has 2 aromatic heterocycles. The molecule has 0 aromatic carbocycles. The molecule has 14 heavy (non-hydrogen) atoms. The van der Waals surface area contributed by atoms with Gasteiger partial charge in [0.25, 0.3) is 5.56 Å². The van der Waals surface area contributed by atoms with Crippen LogP contribution in [0, 0.1) is 13.8 Å². The Labute approximate surface area is 80.5 Å². The monoisotopic (exact) mass is 190 g/mol. The lowest BCUT2D eigenvalue weighted by Gasteiger charge is -2.00. The number of aromatic nitrogens is 4. The van der Waals surface area contributed by atoms with E-state index >= 15 is 0 Å². The normalized spacial score (nSPS) is 10.4. The van der Waals surface area contributed by atoms with Crippen LogP contribution < -0.4 is 5.56 Å². The summed E-state index contributed by atoms with van der Waals surface area (Å²) in [5.41, 5.74) is 0.739. The van der Waals surface area contributed by atoms with E-state index in [2.05, 4.69) is 15.0 Å². The summed E-state index contributed by atoms with van der Waals surface area (Å²) >= 11 is 0. The summed E-state index contributed by atoms with van der Waals surface area (Å²) in [6.45, 7) is 3.63. The third kappa shape index (κ3) is 1.56. The highest BCUT2D eigenvalue weighted by molar-refractivity contribution is 5.21. The Morgan fingerprint density at radius 2 is 2.21 bits per heavy atom. The van der Waals surface area contributed by atoms with Crippen LogP contribution in [0.5, 0.6) is 0 Å². The van der Waals surface area contributed by atoms with Crippen LogP contribution >= 0.6 is 0 Å². The van der Waals surface area contributed by atoms with Crippen LogP contribution in [-0.4, -0.2) is 19.5 Å². The fraction of sp³-hybridized carbons (Fsp3) is 0.222. The minimum absolute atomic E-state index is 0.154. The van der Waals surface area contributed by atoms with E-state index in [0.717, 1.165) is 5.69 Å². The van der Waals surface area contributed by atoms with E-state index in [4.69, 9.17) is 0 Å². The van der Waals surface area contributed by atoms with Gasteiger partial charge < -0.3 is 4.98 Å². The molecule has 0 saturated heterocycles. The highest BCUT2D eigenvalue weighted by Crippen LogP contribution is 2.02. The summed E-state index contributed by atoms with van der Waals surface area (Å²) in [5.74, 6) is 1.19. The van der Waals surface area contributed by atoms with E-state index in [9.17, 15) is 4.79 Å². The van der Waals surface area contributed by atoms with Gasteiger partial charge >= 0.3 is 0 Å². The Kier molecular flexibility index (Phi) is 1.92. The maximum atomic E-state index is 11.2. The molecule has 0 amide bonds. The number of H-pyrrole nitrogens is 1. The van der Waals surface area contributed by atoms with Crippen molar-refractivity contribution in [3.05, 3.63) is 40.5 Å². The van der Waals surface area contributed by atoms with Crippen LogP contribution in [-0.2, 0) is 0 Å². The average Bonchev–Trinajstić information content (AvgIpc) is 2.50. The van der Waals surface area contributed by atoms with Gasteiger partial charge in [0.1, 0.15) is 18.0 Å². The van der Waals surface area contributed by atoms with Gasteiger partial charge in [-0.2, -0.15) is 0 Å². The number of rotatable bonds is 1. The lowest BCUT2D eigenvalue weighted by atomic mass is 10.5. The number of nitrogens with zero attached hydrogens (tertiary/aromatic N) is 3. The van der Waals surface area contributed by atoms with Gasteiger partial charge in [-0.05, 0) is 13.8 Å². The fourth-order valence-electron chi connectivity index (χ4n) is 1.24. The summed E-state index contributed by atoms with van der Waals surface area (Å²) in [6.07, 6.45) is 3.46. The first-order chi connectivity index (χ1) is 6.65. The zero-order valence-corrected chi connectivity index (χ0v) is 7.98. The summed E-state index contributed by atoms with van der Waals surface area (Å²) < 4.78 is 1.72. The summed E-state index contributed by atoms with van der Waals surface area (Å²) in [5, 5.41) is 0. The van der Waals surface area contributed by atoms with Crippen LogP contribution in [0.4, 0.5) is 0 Å². The quantitative estimate of drug-likeness (QED) is 0.715. The molecular formula is C9H10N4O. The number of hydrogen-bond acceptors (Lipinski definition) is 3. The molecule has 0 atom stereocenters. The SMILES string of the molecule is Cc1cn(-c2cc(=O)[nH]c(C)n2)cn1. The Bertz CT molecular complexity index is 512. The molecule has 0 fully saturated rings. The minimum atomic E-state index is -0.154. The minimum Gasteiger partial charge on any atom is -0.311 e. The van der Waals surface area contributed by atoms with Crippen molar-refractivity contribution < 1.29 is 0 Å².